The molecule has 12 aromatic carbocycles. The molecule has 0 spiro atoms. The first-order valence-corrected chi connectivity index (χ1v) is 26.3. The monoisotopic (exact) mass is 981 g/mol. The summed E-state index contributed by atoms with van der Waals surface area (Å²) in [5.74, 6) is 0. The van der Waals surface area contributed by atoms with Crippen molar-refractivity contribution < 1.29 is 8.83 Å². The van der Waals surface area contributed by atoms with Gasteiger partial charge in [-0.3, -0.25) is 0 Å². The Balaban J connectivity index is 0.809. The largest absolute Gasteiger partial charge is 0.456 e. The maximum absolute atomic E-state index is 6.51. The van der Waals surface area contributed by atoms with E-state index in [1.54, 1.807) is 0 Å². The normalized spacial score (nSPS) is 12.2. The van der Waals surface area contributed by atoms with Crippen molar-refractivity contribution in [3.8, 4) is 50.4 Å². The number of benzene rings is 12. The predicted molar refractivity (Wildman–Crippen MR) is 320 cm³/mol. The molecule has 0 unspecified atom stereocenters. The van der Waals surface area contributed by atoms with Crippen molar-refractivity contribution in [2.24, 2.45) is 0 Å². The smallest absolute Gasteiger partial charge is 0.136 e. The van der Waals surface area contributed by atoms with Gasteiger partial charge in [0.1, 0.15) is 22.3 Å². The molecule has 0 aliphatic rings. The lowest BCUT2D eigenvalue weighted by Crippen LogP contribution is -1.94. The van der Waals surface area contributed by atoms with Crippen LogP contribution in [0.15, 0.2) is 270 Å². The fourth-order valence-corrected chi connectivity index (χ4v) is 12.7. The molecule has 0 radical (unpaired) electrons. The van der Waals surface area contributed by atoms with Crippen LogP contribution in [0.25, 0.3) is 160 Å². The minimum atomic E-state index is 0.852. The lowest BCUT2D eigenvalue weighted by atomic mass is 9.98. The summed E-state index contributed by atoms with van der Waals surface area (Å²) in [7, 11) is 0. The molecule has 0 fully saturated rings. The highest BCUT2D eigenvalue weighted by molar-refractivity contribution is 6.17. The van der Waals surface area contributed by atoms with Crippen molar-refractivity contribution in [2.45, 2.75) is 0 Å². The Bertz CT molecular complexity index is 5280. The third-order valence-electron chi connectivity index (χ3n) is 16.2. The second kappa shape index (κ2) is 16.1. The molecule has 0 amide bonds. The molecule has 5 heterocycles. The molecule has 5 aromatic heterocycles. The van der Waals surface area contributed by atoms with E-state index in [0.29, 0.717) is 0 Å². The zero-order chi connectivity index (χ0) is 50.3. The van der Waals surface area contributed by atoms with Crippen LogP contribution in [0, 0.1) is 0 Å². The van der Waals surface area contributed by atoms with Crippen LogP contribution in [-0.2, 0) is 0 Å². The van der Waals surface area contributed by atoms with Gasteiger partial charge in [-0.05, 0) is 149 Å². The molecule has 5 nitrogen and oxygen atoms in total. The first-order chi connectivity index (χ1) is 38.1. The Kier molecular flexibility index (Phi) is 8.77. The Hall–Kier alpha value is -10.4. The molecule has 0 atom stereocenters. The van der Waals surface area contributed by atoms with Crippen LogP contribution in [-0.4, -0.2) is 13.7 Å². The van der Waals surface area contributed by atoms with Crippen LogP contribution < -0.4 is 0 Å². The minimum Gasteiger partial charge on any atom is -0.456 e. The van der Waals surface area contributed by atoms with E-state index in [4.69, 9.17) is 8.83 Å². The van der Waals surface area contributed by atoms with Gasteiger partial charge >= 0.3 is 0 Å². The van der Waals surface area contributed by atoms with Gasteiger partial charge in [0.2, 0.25) is 0 Å². The van der Waals surface area contributed by atoms with Crippen molar-refractivity contribution in [1.29, 1.82) is 0 Å². The zero-order valence-electron chi connectivity index (χ0n) is 41.5. The first-order valence-electron chi connectivity index (χ1n) is 26.3. The number of aromatic nitrogens is 3. The lowest BCUT2D eigenvalue weighted by Gasteiger charge is -2.11. The van der Waals surface area contributed by atoms with E-state index in [1.807, 2.05) is 12.1 Å². The summed E-state index contributed by atoms with van der Waals surface area (Å²) in [6.07, 6.45) is 0. The van der Waals surface area contributed by atoms with Crippen LogP contribution in [0.2, 0.25) is 0 Å². The molecule has 0 aliphatic heterocycles. The third-order valence-corrected chi connectivity index (χ3v) is 16.2. The molecule has 0 saturated carbocycles. The van der Waals surface area contributed by atoms with Gasteiger partial charge in [0.05, 0.1) is 33.1 Å². The maximum Gasteiger partial charge on any atom is 0.136 e. The third kappa shape index (κ3) is 6.29. The summed E-state index contributed by atoms with van der Waals surface area (Å²) in [6.45, 7) is 0. The molecule has 358 valence electrons. The molecule has 0 bridgehead atoms. The van der Waals surface area contributed by atoms with Crippen molar-refractivity contribution in [3.63, 3.8) is 0 Å². The van der Waals surface area contributed by atoms with Crippen LogP contribution in [0.1, 0.15) is 0 Å². The van der Waals surface area contributed by atoms with Crippen molar-refractivity contribution in [2.75, 3.05) is 0 Å². The van der Waals surface area contributed by atoms with E-state index in [1.165, 1.54) is 87.8 Å². The predicted octanol–water partition coefficient (Wildman–Crippen LogP) is 19.8. The molecule has 0 N–H and O–H groups in total. The SMILES string of the molecule is c1ccc(-c2cccc(-n3c4ccccc4c4ccc(-c5ccc6c(c5)c5cc(-c7ccc8c(c7)c7ccccc7n8-c7ccc8oc9cc%10c(cc9c8c7)oc7ccccc7%10)ccc5n6-c5ccccc5)cc43)c2)cc1. The molecule has 77 heavy (non-hydrogen) atoms. The number of rotatable bonds is 6. The molecule has 17 aromatic rings. The van der Waals surface area contributed by atoms with Gasteiger partial charge < -0.3 is 22.5 Å². The molecular formula is C72H43N3O2. The van der Waals surface area contributed by atoms with E-state index in [0.717, 1.165) is 72.0 Å². The quantitative estimate of drug-likeness (QED) is 0.167. The summed E-state index contributed by atoms with van der Waals surface area (Å²) < 4.78 is 20.1. The van der Waals surface area contributed by atoms with Gasteiger partial charge in [0.15, 0.2) is 0 Å². The highest BCUT2D eigenvalue weighted by Crippen LogP contribution is 2.43. The fraction of sp³-hybridized carbons (Fsp3) is 0. The second-order valence-corrected chi connectivity index (χ2v) is 20.4. The number of furan rings is 2. The summed E-state index contributed by atoms with van der Waals surface area (Å²) in [5, 5.41) is 11.6. The number of nitrogens with zero attached hydrogens (tertiary/aromatic N) is 3. The van der Waals surface area contributed by atoms with Gasteiger partial charge in [-0.25, -0.2) is 0 Å². The number of hydrogen-bond acceptors (Lipinski definition) is 2. The van der Waals surface area contributed by atoms with E-state index < -0.39 is 0 Å². The Morgan fingerprint density at radius 1 is 0.182 bits per heavy atom. The van der Waals surface area contributed by atoms with Crippen molar-refractivity contribution in [1.82, 2.24) is 13.7 Å². The zero-order valence-corrected chi connectivity index (χ0v) is 41.5. The average molecular weight is 982 g/mol. The van der Waals surface area contributed by atoms with Crippen LogP contribution in [0.4, 0.5) is 0 Å². The highest BCUT2D eigenvalue weighted by atomic mass is 16.3. The topological polar surface area (TPSA) is 41.1 Å². The Morgan fingerprint density at radius 2 is 0.597 bits per heavy atom. The summed E-state index contributed by atoms with van der Waals surface area (Å²) in [4.78, 5) is 0. The standard InChI is InChI=1S/C72H43N3O2/c1-3-14-44(15-4-1)45-16-13-19-51(36-45)75-63-23-10-7-20-53(63)55-31-26-49(40-68(55)75)48-29-34-67-59(39-48)58-38-47(28-33-66(58)73(67)50-17-5-2-6-18-50)46-27-32-65-57(37-46)54-21-8-11-24-64(54)74(65)52-30-35-70-60(41-52)62-43-71-61(42-72(62)77-70)56-22-9-12-25-69(56)76-71/h1-43H. The Labute approximate surface area is 440 Å². The van der Waals surface area contributed by atoms with Crippen LogP contribution in [0.3, 0.4) is 0 Å². The average Bonchev–Trinajstić information content (AvgIpc) is 4.33. The Morgan fingerprint density at radius 3 is 1.27 bits per heavy atom. The lowest BCUT2D eigenvalue weighted by molar-refractivity contribution is 0.664. The second-order valence-electron chi connectivity index (χ2n) is 20.4. The number of para-hydroxylation sites is 4. The molecule has 0 aliphatic carbocycles. The number of hydrogen-bond donors (Lipinski definition) is 0. The van der Waals surface area contributed by atoms with Gasteiger partial charge in [0, 0.05) is 70.9 Å². The minimum absolute atomic E-state index is 0.852. The van der Waals surface area contributed by atoms with E-state index in [2.05, 4.69) is 262 Å². The van der Waals surface area contributed by atoms with Crippen molar-refractivity contribution >= 4 is 109 Å². The molecule has 5 heteroatoms. The molecule has 0 saturated heterocycles. The van der Waals surface area contributed by atoms with Crippen LogP contribution >= 0.6 is 0 Å². The van der Waals surface area contributed by atoms with Gasteiger partial charge in [-0.15, -0.1) is 0 Å². The van der Waals surface area contributed by atoms with Gasteiger partial charge in [0.25, 0.3) is 0 Å². The van der Waals surface area contributed by atoms with Gasteiger partial charge in [-0.2, -0.15) is 0 Å². The van der Waals surface area contributed by atoms with E-state index in [9.17, 15) is 0 Å². The van der Waals surface area contributed by atoms with E-state index >= 15 is 0 Å². The van der Waals surface area contributed by atoms with Crippen LogP contribution in [0.5, 0.6) is 0 Å². The highest BCUT2D eigenvalue weighted by Gasteiger charge is 2.20. The summed E-state index contributed by atoms with van der Waals surface area (Å²) in [5.41, 5.74) is 20.9. The van der Waals surface area contributed by atoms with Crippen molar-refractivity contribution in [3.05, 3.63) is 261 Å². The molecule has 17 rings (SSSR count). The molecular weight excluding hydrogens is 939 g/mol. The maximum atomic E-state index is 6.51. The number of fused-ring (bicyclic) bond motifs is 15. The summed E-state index contributed by atoms with van der Waals surface area (Å²) >= 11 is 0. The van der Waals surface area contributed by atoms with Gasteiger partial charge in [-0.1, -0.05) is 146 Å². The summed E-state index contributed by atoms with van der Waals surface area (Å²) in [6, 6.07) is 94.8. The first kappa shape index (κ1) is 42.0. The van der Waals surface area contributed by atoms with E-state index in [-0.39, 0.29) is 0 Å². The fourth-order valence-electron chi connectivity index (χ4n) is 12.7.